The summed E-state index contributed by atoms with van der Waals surface area (Å²) in [5, 5.41) is 28.1. The van der Waals surface area contributed by atoms with Crippen molar-refractivity contribution in [2.24, 2.45) is 0 Å². The van der Waals surface area contributed by atoms with Crippen LogP contribution < -0.4 is 16.0 Å². The van der Waals surface area contributed by atoms with Gasteiger partial charge in [0.15, 0.2) is 0 Å². The van der Waals surface area contributed by atoms with Crippen LogP contribution in [0.2, 0.25) is 0 Å². The molecular formula is C32H41N3O5. The quantitative estimate of drug-likeness (QED) is 0.199. The molecule has 0 aliphatic heterocycles. The molecule has 8 heteroatoms. The van der Waals surface area contributed by atoms with Crippen LogP contribution in [0.5, 0.6) is 0 Å². The number of nitrogens with one attached hydrogen (secondary N) is 3. The fourth-order valence-electron chi connectivity index (χ4n) is 4.24. The van der Waals surface area contributed by atoms with Crippen molar-refractivity contribution in [2.45, 2.75) is 64.6 Å². The Morgan fingerprint density at radius 1 is 0.925 bits per heavy atom. The highest BCUT2D eigenvalue weighted by molar-refractivity contribution is 5.88. The van der Waals surface area contributed by atoms with E-state index in [9.17, 15) is 19.8 Å². The highest BCUT2D eigenvalue weighted by Gasteiger charge is 2.26. The van der Waals surface area contributed by atoms with Gasteiger partial charge in [0.2, 0.25) is 11.8 Å². The minimum absolute atomic E-state index is 0.0187. The molecule has 0 aromatic heterocycles. The zero-order chi connectivity index (χ0) is 29.0. The van der Waals surface area contributed by atoms with Crippen molar-refractivity contribution < 1.29 is 24.5 Å². The van der Waals surface area contributed by atoms with E-state index >= 15 is 0 Å². The van der Waals surface area contributed by atoms with Gasteiger partial charge >= 0.3 is 0 Å². The highest BCUT2D eigenvalue weighted by Crippen LogP contribution is 2.24. The van der Waals surface area contributed by atoms with E-state index in [2.05, 4.69) is 16.0 Å². The summed E-state index contributed by atoms with van der Waals surface area (Å²) >= 11 is 0. The van der Waals surface area contributed by atoms with Gasteiger partial charge in [-0.2, -0.15) is 0 Å². The van der Waals surface area contributed by atoms with Crippen molar-refractivity contribution in [1.82, 2.24) is 16.0 Å². The predicted molar refractivity (Wildman–Crippen MR) is 156 cm³/mol. The van der Waals surface area contributed by atoms with Gasteiger partial charge in [-0.3, -0.25) is 9.59 Å². The molecule has 40 heavy (non-hydrogen) atoms. The molecule has 0 fully saturated rings. The predicted octanol–water partition coefficient (Wildman–Crippen LogP) is 3.30. The molecule has 1 unspecified atom stereocenters. The lowest BCUT2D eigenvalue weighted by Crippen LogP contribution is -2.52. The third-order valence-electron chi connectivity index (χ3n) is 6.45. The van der Waals surface area contributed by atoms with Gasteiger partial charge in [0, 0.05) is 25.0 Å². The standard InChI is InChI=1S/C32H41N3O5/c1-23(37)18-34-32(2,3)17-30(38)35-29(22-40-21-25-9-5-4-6-10-25)31(39)33-19-24-13-15-26(16-14-24)28-12-8-7-11-27(28)20-36/h4-16,23,29,34,36-37H,17-22H2,1-3H3,(H,33,39)(H,35,38)/t23?,29-/m1/s1. The van der Waals surface area contributed by atoms with E-state index in [0.717, 1.165) is 27.8 Å². The maximum absolute atomic E-state index is 13.2. The SMILES string of the molecule is CC(O)CNC(C)(C)CC(=O)N[C@H](COCc1ccccc1)C(=O)NCc1ccc(-c2ccccc2CO)cc1. The van der Waals surface area contributed by atoms with Crippen LogP contribution in [0.4, 0.5) is 0 Å². The zero-order valence-electron chi connectivity index (χ0n) is 23.5. The lowest BCUT2D eigenvalue weighted by atomic mass is 9.99. The maximum Gasteiger partial charge on any atom is 0.245 e. The largest absolute Gasteiger partial charge is 0.392 e. The Hall–Kier alpha value is -3.56. The van der Waals surface area contributed by atoms with E-state index < -0.39 is 17.7 Å². The molecule has 0 spiro atoms. The Balaban J connectivity index is 1.61. The molecule has 0 aliphatic rings. The van der Waals surface area contributed by atoms with Crippen LogP contribution in [-0.4, -0.2) is 52.9 Å². The van der Waals surface area contributed by atoms with Crippen LogP contribution in [0, 0.1) is 0 Å². The first-order valence-corrected chi connectivity index (χ1v) is 13.6. The first-order valence-electron chi connectivity index (χ1n) is 13.6. The van der Waals surface area contributed by atoms with Crippen molar-refractivity contribution in [3.05, 3.63) is 95.6 Å². The average Bonchev–Trinajstić information content (AvgIpc) is 2.95. The fourth-order valence-corrected chi connectivity index (χ4v) is 4.24. The third-order valence-corrected chi connectivity index (χ3v) is 6.45. The molecule has 3 aromatic rings. The molecule has 3 aromatic carbocycles. The number of aliphatic hydroxyl groups is 2. The van der Waals surface area contributed by atoms with Gasteiger partial charge in [-0.15, -0.1) is 0 Å². The summed E-state index contributed by atoms with van der Waals surface area (Å²) in [7, 11) is 0. The molecular weight excluding hydrogens is 506 g/mol. The smallest absolute Gasteiger partial charge is 0.245 e. The lowest BCUT2D eigenvalue weighted by molar-refractivity contribution is -0.131. The minimum Gasteiger partial charge on any atom is -0.392 e. The molecule has 0 heterocycles. The van der Waals surface area contributed by atoms with Crippen molar-refractivity contribution >= 4 is 11.8 Å². The van der Waals surface area contributed by atoms with Crippen LogP contribution in [0.1, 0.15) is 43.9 Å². The van der Waals surface area contributed by atoms with Gasteiger partial charge in [-0.05, 0) is 48.6 Å². The summed E-state index contributed by atoms with van der Waals surface area (Å²) in [5.41, 5.74) is 4.10. The van der Waals surface area contributed by atoms with Crippen molar-refractivity contribution in [3.63, 3.8) is 0 Å². The number of benzene rings is 3. The molecule has 0 saturated carbocycles. The number of β-amino-alcohol motifs (C(OH)–C–C–N with tert-alkyl or cyclic N) is 1. The molecule has 2 amide bonds. The second-order valence-electron chi connectivity index (χ2n) is 10.6. The normalized spacial score (nSPS) is 12.9. The Morgan fingerprint density at radius 3 is 2.27 bits per heavy atom. The minimum atomic E-state index is -0.875. The monoisotopic (exact) mass is 547 g/mol. The van der Waals surface area contributed by atoms with Gasteiger partial charge in [0.1, 0.15) is 6.04 Å². The molecule has 2 atom stereocenters. The number of amides is 2. The Kier molecular flexibility index (Phi) is 11.8. The van der Waals surface area contributed by atoms with Gasteiger partial charge < -0.3 is 30.9 Å². The van der Waals surface area contributed by atoms with E-state index in [1.54, 1.807) is 6.92 Å². The van der Waals surface area contributed by atoms with Gasteiger partial charge in [0.25, 0.3) is 0 Å². The van der Waals surface area contributed by atoms with Crippen molar-refractivity contribution in [2.75, 3.05) is 13.2 Å². The van der Waals surface area contributed by atoms with Crippen LogP contribution in [0.25, 0.3) is 11.1 Å². The third kappa shape index (κ3) is 10.2. The zero-order valence-corrected chi connectivity index (χ0v) is 23.5. The van der Waals surface area contributed by atoms with Crippen molar-refractivity contribution in [3.8, 4) is 11.1 Å². The topological polar surface area (TPSA) is 120 Å². The molecule has 8 nitrogen and oxygen atoms in total. The molecule has 0 radical (unpaired) electrons. The van der Waals surface area contributed by atoms with E-state index in [1.807, 2.05) is 92.7 Å². The molecule has 214 valence electrons. The lowest BCUT2D eigenvalue weighted by Gasteiger charge is -2.28. The fraction of sp³-hybridized carbons (Fsp3) is 0.375. The number of rotatable bonds is 15. The van der Waals surface area contributed by atoms with Crippen LogP contribution in [0.15, 0.2) is 78.9 Å². The van der Waals surface area contributed by atoms with E-state index in [1.165, 1.54) is 0 Å². The first-order chi connectivity index (χ1) is 19.2. The summed E-state index contributed by atoms with van der Waals surface area (Å²) in [5.74, 6) is -0.635. The Morgan fingerprint density at radius 2 is 1.60 bits per heavy atom. The molecule has 0 saturated heterocycles. The highest BCUT2D eigenvalue weighted by atomic mass is 16.5. The van der Waals surface area contributed by atoms with Crippen molar-refractivity contribution in [1.29, 1.82) is 0 Å². The van der Waals surface area contributed by atoms with Gasteiger partial charge in [-0.25, -0.2) is 0 Å². The molecule has 0 bridgehead atoms. The Bertz CT molecular complexity index is 1210. The average molecular weight is 548 g/mol. The van der Waals surface area contributed by atoms with E-state index in [0.29, 0.717) is 13.2 Å². The summed E-state index contributed by atoms with van der Waals surface area (Å²) in [6.45, 7) is 6.36. The van der Waals surface area contributed by atoms with Crippen LogP contribution >= 0.6 is 0 Å². The van der Waals surface area contributed by atoms with Gasteiger partial charge in [0.05, 0.1) is 25.9 Å². The molecule has 5 N–H and O–H groups in total. The van der Waals surface area contributed by atoms with Crippen LogP contribution in [0.3, 0.4) is 0 Å². The summed E-state index contributed by atoms with van der Waals surface area (Å²) in [6.07, 6.45) is -0.412. The summed E-state index contributed by atoms with van der Waals surface area (Å²) in [4.78, 5) is 26.0. The van der Waals surface area contributed by atoms with E-state index in [-0.39, 0.29) is 38.0 Å². The number of aliphatic hydroxyl groups excluding tert-OH is 2. The summed E-state index contributed by atoms with van der Waals surface area (Å²) in [6, 6.07) is 24.2. The number of ether oxygens (including phenoxy) is 1. The number of carbonyl (C=O) groups is 2. The second kappa shape index (κ2) is 15.3. The molecule has 0 aliphatic carbocycles. The first kappa shape index (κ1) is 31.0. The van der Waals surface area contributed by atoms with Crippen LogP contribution in [-0.2, 0) is 34.1 Å². The maximum atomic E-state index is 13.2. The van der Waals surface area contributed by atoms with E-state index in [4.69, 9.17) is 4.74 Å². The number of carbonyl (C=O) groups excluding carboxylic acids is 2. The Labute approximate surface area is 236 Å². The number of hydrogen-bond acceptors (Lipinski definition) is 6. The number of hydrogen-bond donors (Lipinski definition) is 5. The summed E-state index contributed by atoms with van der Waals surface area (Å²) < 4.78 is 5.81. The van der Waals surface area contributed by atoms with Gasteiger partial charge in [-0.1, -0.05) is 78.9 Å². The second-order valence-corrected chi connectivity index (χ2v) is 10.6. The molecule has 3 rings (SSSR count).